The lowest BCUT2D eigenvalue weighted by atomic mass is 9.77. The number of carbonyl (C=O) groups excluding carboxylic acids is 5. The van der Waals surface area contributed by atoms with Gasteiger partial charge < -0.3 is 19.6 Å². The number of nitrogens with zero attached hydrogens (tertiary/aromatic N) is 8. The highest BCUT2D eigenvalue weighted by Gasteiger charge is 2.47. The quantitative estimate of drug-likeness (QED) is 0.363. The molecule has 6 aliphatic heterocycles. The highest BCUT2D eigenvalue weighted by atomic mass is 35.5. The van der Waals surface area contributed by atoms with Crippen LogP contribution in [0.2, 0.25) is 5.02 Å². The van der Waals surface area contributed by atoms with Crippen molar-refractivity contribution in [1.29, 1.82) is 5.26 Å². The van der Waals surface area contributed by atoms with Crippen molar-refractivity contribution < 1.29 is 28.4 Å². The van der Waals surface area contributed by atoms with Gasteiger partial charge in [0.2, 0.25) is 11.8 Å². The molecule has 0 radical (unpaired) electrons. The zero-order valence-corrected chi connectivity index (χ0v) is 32.9. The summed E-state index contributed by atoms with van der Waals surface area (Å²) in [4.78, 5) is 80.1. The van der Waals surface area contributed by atoms with Crippen LogP contribution in [0.3, 0.4) is 0 Å². The summed E-state index contributed by atoms with van der Waals surface area (Å²) in [5.41, 5.74) is 2.49. The van der Waals surface area contributed by atoms with Gasteiger partial charge in [-0.05, 0) is 80.5 Å². The number of nitriles is 1. The van der Waals surface area contributed by atoms with Crippen LogP contribution in [0, 0.1) is 22.6 Å². The van der Waals surface area contributed by atoms with E-state index >= 15 is 4.39 Å². The third-order valence-corrected chi connectivity index (χ3v) is 13.5. The first kappa shape index (κ1) is 38.0. The highest BCUT2D eigenvalue weighted by molar-refractivity contribution is 6.32. The van der Waals surface area contributed by atoms with Gasteiger partial charge in [0, 0.05) is 89.3 Å². The molecule has 9 rings (SSSR count). The molecular weight excluding hydrogens is 765 g/mol. The predicted octanol–water partition coefficient (Wildman–Crippen LogP) is 3.68. The molecule has 0 aliphatic carbocycles. The number of imide groups is 2. The fourth-order valence-electron chi connectivity index (χ4n) is 9.79. The fourth-order valence-corrected chi connectivity index (χ4v) is 10.0. The van der Waals surface area contributed by atoms with Crippen LogP contribution in [0.5, 0.6) is 0 Å². The number of carbonyl (C=O) groups is 5. The molecule has 0 bridgehead atoms. The summed E-state index contributed by atoms with van der Waals surface area (Å²) in [6.07, 6.45) is 4.89. The van der Waals surface area contributed by atoms with Crippen LogP contribution in [0.15, 0.2) is 48.7 Å². The molecule has 6 aliphatic rings. The molecule has 1 aromatic heterocycles. The van der Waals surface area contributed by atoms with Crippen molar-refractivity contribution in [1.82, 2.24) is 25.0 Å². The summed E-state index contributed by atoms with van der Waals surface area (Å²) in [6, 6.07) is 13.5. The molecule has 16 heteroatoms. The van der Waals surface area contributed by atoms with E-state index in [2.05, 4.69) is 33.0 Å². The molecule has 1 N–H and O–H groups in total. The second kappa shape index (κ2) is 14.7. The number of halogens is 2. The molecular formula is C42H43ClFN9O5. The predicted molar refractivity (Wildman–Crippen MR) is 212 cm³/mol. The molecule has 1 unspecified atom stereocenters. The normalized spacial score (nSPS) is 23.7. The van der Waals surface area contributed by atoms with E-state index in [1.54, 1.807) is 12.3 Å². The minimum atomic E-state index is -1.11. The van der Waals surface area contributed by atoms with E-state index in [9.17, 15) is 29.2 Å². The largest absolute Gasteiger partial charge is 0.368 e. The van der Waals surface area contributed by atoms with Crippen molar-refractivity contribution in [2.24, 2.45) is 5.41 Å². The van der Waals surface area contributed by atoms with Gasteiger partial charge in [-0.1, -0.05) is 11.6 Å². The first-order valence-electron chi connectivity index (χ1n) is 19.9. The summed E-state index contributed by atoms with van der Waals surface area (Å²) in [7, 11) is 0. The molecule has 0 saturated carbocycles. The number of piperazine rings is 1. The van der Waals surface area contributed by atoms with Crippen LogP contribution in [-0.4, -0.2) is 126 Å². The molecule has 5 fully saturated rings. The van der Waals surface area contributed by atoms with Gasteiger partial charge in [-0.2, -0.15) is 5.26 Å². The maximum absolute atomic E-state index is 15.4. The average Bonchev–Trinajstić information content (AvgIpc) is 3.65. The van der Waals surface area contributed by atoms with Crippen molar-refractivity contribution in [2.45, 2.75) is 57.2 Å². The van der Waals surface area contributed by atoms with E-state index in [1.165, 1.54) is 6.07 Å². The summed E-state index contributed by atoms with van der Waals surface area (Å²) in [5.74, 6) is -2.39. The Bertz CT molecular complexity index is 2260. The zero-order chi connectivity index (χ0) is 40.5. The molecule has 2 atom stereocenters. The number of pyridine rings is 1. The second-order valence-electron chi connectivity index (χ2n) is 16.5. The van der Waals surface area contributed by atoms with Gasteiger partial charge in [-0.3, -0.25) is 39.1 Å². The number of nitrogens with one attached hydrogen (secondary N) is 1. The van der Waals surface area contributed by atoms with Crippen molar-refractivity contribution in [3.8, 4) is 6.07 Å². The number of anilines is 3. The van der Waals surface area contributed by atoms with Crippen LogP contribution >= 0.6 is 11.6 Å². The maximum atomic E-state index is 15.4. The smallest absolute Gasteiger partial charge is 0.262 e. The summed E-state index contributed by atoms with van der Waals surface area (Å²) in [6.45, 7) is 8.45. The lowest BCUT2D eigenvalue weighted by Crippen LogP contribution is -2.63. The number of hydrogen-bond acceptors (Lipinski definition) is 11. The molecule has 5 saturated heterocycles. The maximum Gasteiger partial charge on any atom is 0.262 e. The first-order valence-corrected chi connectivity index (χ1v) is 20.3. The number of amides is 5. The van der Waals surface area contributed by atoms with E-state index in [1.807, 2.05) is 34.1 Å². The summed E-state index contributed by atoms with van der Waals surface area (Å²) >= 11 is 6.36. The van der Waals surface area contributed by atoms with E-state index in [4.69, 9.17) is 16.6 Å². The SMILES string of the molecule is C[C@H]1CC2(CCN(c3ccc(C(=O)N4CCN(C5CN(c6cc7c(cc6F)C(=O)N(C6CCC(=O)NC6=O)C7=O)C5)CC4)cn3)CC2)CN1c1ccc(C#N)c(Cl)c1. The van der Waals surface area contributed by atoms with Gasteiger partial charge in [0.15, 0.2) is 0 Å². The van der Waals surface area contributed by atoms with Crippen LogP contribution in [-0.2, 0) is 9.59 Å². The molecule has 3 aromatic rings. The molecule has 7 heterocycles. The van der Waals surface area contributed by atoms with E-state index in [-0.39, 0.29) is 47.0 Å². The standard InChI is InChI=1S/C42H43ClFN9O5/c1-25-19-42(24-52(25)28-4-2-26(20-45)32(43)16-28)8-10-49(11-9-42)36-6-3-27(21-46-36)39(56)50-14-12-48(13-15-50)29-22-51(23-29)35-18-31-30(17-33(35)44)40(57)53(41(31)58)34-5-7-37(54)47-38(34)55/h2-4,6,16-18,21,25,29,34H,5,7-15,19,22-24H2,1H3,(H,47,54,55)/t25-,34?/m0/s1. The number of rotatable bonds is 6. The lowest BCUT2D eigenvalue weighted by Gasteiger charge is -2.49. The number of hydrogen-bond donors (Lipinski definition) is 1. The highest BCUT2D eigenvalue weighted by Crippen LogP contribution is 2.46. The summed E-state index contributed by atoms with van der Waals surface area (Å²) < 4.78 is 15.4. The number of fused-ring (bicyclic) bond motifs is 1. The van der Waals surface area contributed by atoms with Crippen molar-refractivity contribution >= 4 is 58.3 Å². The van der Waals surface area contributed by atoms with Gasteiger partial charge in [0.25, 0.3) is 17.7 Å². The Morgan fingerprint density at radius 1 is 0.948 bits per heavy atom. The van der Waals surface area contributed by atoms with Gasteiger partial charge in [-0.15, -0.1) is 0 Å². The average molecular weight is 808 g/mol. The molecule has 300 valence electrons. The number of piperidine rings is 2. The molecule has 1 spiro atoms. The van der Waals surface area contributed by atoms with Crippen LogP contribution in [0.1, 0.15) is 75.7 Å². The Morgan fingerprint density at radius 2 is 1.67 bits per heavy atom. The first-order chi connectivity index (χ1) is 27.9. The van der Waals surface area contributed by atoms with Crippen molar-refractivity contribution in [3.05, 3.63) is 81.8 Å². The summed E-state index contributed by atoms with van der Waals surface area (Å²) in [5, 5.41) is 11.9. The molecule has 58 heavy (non-hydrogen) atoms. The van der Waals surface area contributed by atoms with Gasteiger partial charge in [0.1, 0.15) is 23.7 Å². The molecule has 2 aromatic carbocycles. The van der Waals surface area contributed by atoms with Gasteiger partial charge in [-0.25, -0.2) is 9.37 Å². The Kier molecular flexibility index (Phi) is 9.59. The Hall–Kier alpha value is -5.59. The third kappa shape index (κ3) is 6.61. The monoisotopic (exact) mass is 807 g/mol. The Labute approximate surface area is 340 Å². The molecule has 5 amide bonds. The van der Waals surface area contributed by atoms with E-state index in [0.717, 1.165) is 61.4 Å². The van der Waals surface area contributed by atoms with E-state index < -0.39 is 35.5 Å². The van der Waals surface area contributed by atoms with Crippen molar-refractivity contribution in [2.75, 3.05) is 73.6 Å². The fraction of sp³-hybridized carbons (Fsp3) is 0.452. The topological polar surface area (TPSA) is 154 Å². The Morgan fingerprint density at radius 3 is 2.33 bits per heavy atom. The minimum absolute atomic E-state index is 0.00646. The Balaban J connectivity index is 0.750. The molecule has 14 nitrogen and oxygen atoms in total. The van der Waals surface area contributed by atoms with Crippen LogP contribution in [0.25, 0.3) is 0 Å². The number of aromatic nitrogens is 1. The van der Waals surface area contributed by atoms with Crippen molar-refractivity contribution in [3.63, 3.8) is 0 Å². The van der Waals surface area contributed by atoms with Crippen LogP contribution < -0.4 is 20.0 Å². The van der Waals surface area contributed by atoms with Crippen LogP contribution in [0.4, 0.5) is 21.6 Å². The van der Waals surface area contributed by atoms with Gasteiger partial charge >= 0.3 is 0 Å². The second-order valence-corrected chi connectivity index (χ2v) is 16.9. The third-order valence-electron chi connectivity index (χ3n) is 13.1. The number of benzene rings is 2. The lowest BCUT2D eigenvalue weighted by molar-refractivity contribution is -0.136. The van der Waals surface area contributed by atoms with E-state index in [0.29, 0.717) is 61.5 Å². The zero-order valence-electron chi connectivity index (χ0n) is 32.1. The minimum Gasteiger partial charge on any atom is -0.368 e. The van der Waals surface area contributed by atoms with Gasteiger partial charge in [0.05, 0.1) is 33.0 Å².